The summed E-state index contributed by atoms with van der Waals surface area (Å²) in [6, 6.07) is 18.8. The molecule has 0 saturated heterocycles. The van der Waals surface area contributed by atoms with E-state index in [0.717, 1.165) is 14.9 Å². The first-order chi connectivity index (χ1) is 12.2. The molecule has 2 aromatic carbocycles. The number of carbonyl (C=O) groups is 1. The van der Waals surface area contributed by atoms with Gasteiger partial charge in [-0.25, -0.2) is 5.43 Å². The summed E-state index contributed by atoms with van der Waals surface area (Å²) in [5.41, 5.74) is 4.00. The fourth-order valence-corrected chi connectivity index (χ4v) is 2.95. The van der Waals surface area contributed by atoms with Crippen LogP contribution in [0.5, 0.6) is 5.75 Å². The van der Waals surface area contributed by atoms with E-state index >= 15 is 0 Å². The molecular formula is C19H15BrN2O2S. The summed E-state index contributed by atoms with van der Waals surface area (Å²) >= 11 is 4.96. The van der Waals surface area contributed by atoms with Crippen LogP contribution in [0.25, 0.3) is 0 Å². The van der Waals surface area contributed by atoms with Crippen molar-refractivity contribution in [1.29, 1.82) is 0 Å². The van der Waals surface area contributed by atoms with E-state index in [1.54, 1.807) is 35.8 Å². The average molecular weight is 415 g/mol. The largest absolute Gasteiger partial charge is 0.488 e. The van der Waals surface area contributed by atoms with Crippen molar-refractivity contribution in [2.45, 2.75) is 6.61 Å². The molecule has 0 aliphatic carbocycles. The number of ether oxygens (including phenoxy) is 1. The van der Waals surface area contributed by atoms with Gasteiger partial charge in [-0.15, -0.1) is 11.3 Å². The Kier molecular flexibility index (Phi) is 5.98. The molecule has 126 valence electrons. The Morgan fingerprint density at radius 2 is 1.92 bits per heavy atom. The molecular weight excluding hydrogens is 400 g/mol. The van der Waals surface area contributed by atoms with E-state index in [1.807, 2.05) is 47.8 Å². The highest BCUT2D eigenvalue weighted by Crippen LogP contribution is 2.20. The molecule has 0 unspecified atom stereocenters. The molecule has 1 aromatic heterocycles. The first-order valence-corrected chi connectivity index (χ1v) is 9.23. The fourth-order valence-electron chi connectivity index (χ4n) is 2.10. The number of para-hydroxylation sites is 1. The molecule has 1 amide bonds. The first-order valence-electron chi connectivity index (χ1n) is 7.55. The van der Waals surface area contributed by atoms with Crippen molar-refractivity contribution in [3.63, 3.8) is 0 Å². The van der Waals surface area contributed by atoms with Crippen LogP contribution in [0.4, 0.5) is 0 Å². The Hall–Kier alpha value is -2.44. The second kappa shape index (κ2) is 8.60. The molecule has 0 bridgehead atoms. The average Bonchev–Trinajstić information content (AvgIpc) is 3.15. The molecule has 0 radical (unpaired) electrons. The van der Waals surface area contributed by atoms with Crippen molar-refractivity contribution in [3.05, 3.63) is 86.5 Å². The number of nitrogens with zero attached hydrogens (tertiary/aromatic N) is 1. The zero-order valence-electron chi connectivity index (χ0n) is 13.2. The van der Waals surface area contributed by atoms with E-state index in [9.17, 15) is 4.79 Å². The Morgan fingerprint density at radius 3 is 2.68 bits per heavy atom. The van der Waals surface area contributed by atoms with Gasteiger partial charge < -0.3 is 4.74 Å². The second-order valence-corrected chi connectivity index (χ2v) is 7.02. The lowest BCUT2D eigenvalue weighted by Gasteiger charge is -2.10. The molecule has 6 heteroatoms. The van der Waals surface area contributed by atoms with Gasteiger partial charge in [-0.2, -0.15) is 5.10 Å². The van der Waals surface area contributed by atoms with Crippen LogP contribution < -0.4 is 10.2 Å². The van der Waals surface area contributed by atoms with Gasteiger partial charge in [-0.1, -0.05) is 46.3 Å². The van der Waals surface area contributed by atoms with E-state index in [2.05, 4.69) is 26.5 Å². The van der Waals surface area contributed by atoms with E-state index in [4.69, 9.17) is 4.74 Å². The lowest BCUT2D eigenvalue weighted by Crippen LogP contribution is -2.18. The van der Waals surface area contributed by atoms with Crippen LogP contribution in [-0.4, -0.2) is 12.1 Å². The number of benzene rings is 2. The number of rotatable bonds is 6. The van der Waals surface area contributed by atoms with Gasteiger partial charge in [0.2, 0.25) is 0 Å². The van der Waals surface area contributed by atoms with Gasteiger partial charge in [0.05, 0.1) is 11.8 Å². The van der Waals surface area contributed by atoms with E-state index in [0.29, 0.717) is 17.9 Å². The predicted octanol–water partition coefficient (Wildman–Crippen LogP) is 4.85. The molecule has 1 N–H and O–H groups in total. The second-order valence-electron chi connectivity index (χ2n) is 5.13. The number of carbonyl (C=O) groups excluding carboxylic acids is 1. The monoisotopic (exact) mass is 414 g/mol. The molecule has 0 spiro atoms. The minimum Gasteiger partial charge on any atom is -0.488 e. The molecule has 3 aromatic rings. The Bertz CT molecular complexity index is 861. The Morgan fingerprint density at radius 1 is 1.12 bits per heavy atom. The predicted molar refractivity (Wildman–Crippen MR) is 104 cm³/mol. The highest BCUT2D eigenvalue weighted by molar-refractivity contribution is 9.10. The maximum atomic E-state index is 12.3. The van der Waals surface area contributed by atoms with Crippen molar-refractivity contribution in [2.24, 2.45) is 5.10 Å². The molecule has 0 fully saturated rings. The quantitative estimate of drug-likeness (QED) is 0.462. The van der Waals surface area contributed by atoms with Crippen molar-refractivity contribution in [1.82, 2.24) is 5.43 Å². The lowest BCUT2D eigenvalue weighted by molar-refractivity contribution is 0.0950. The van der Waals surface area contributed by atoms with Crippen LogP contribution >= 0.6 is 27.3 Å². The van der Waals surface area contributed by atoms with Crippen LogP contribution in [0.1, 0.15) is 20.8 Å². The fraction of sp³-hybridized carbons (Fsp3) is 0.0526. The number of nitrogens with one attached hydrogen (secondary N) is 1. The molecule has 3 rings (SSSR count). The minimum atomic E-state index is -0.306. The molecule has 1 heterocycles. The van der Waals surface area contributed by atoms with Crippen molar-refractivity contribution in [3.8, 4) is 5.75 Å². The third kappa shape index (κ3) is 5.01. The number of hydrazone groups is 1. The summed E-state index contributed by atoms with van der Waals surface area (Å²) in [6.07, 6.45) is 1.62. The maximum Gasteiger partial charge on any atom is 0.275 e. The SMILES string of the molecule is O=C(NN=Cc1cccs1)c1ccccc1OCc1ccc(Br)cc1. The van der Waals surface area contributed by atoms with E-state index < -0.39 is 0 Å². The maximum absolute atomic E-state index is 12.3. The van der Waals surface area contributed by atoms with Crippen LogP contribution in [0.3, 0.4) is 0 Å². The van der Waals surface area contributed by atoms with E-state index in [-0.39, 0.29) is 5.91 Å². The molecule has 4 nitrogen and oxygen atoms in total. The van der Waals surface area contributed by atoms with Crippen LogP contribution in [0.15, 0.2) is 75.6 Å². The van der Waals surface area contributed by atoms with Gasteiger partial charge in [0.15, 0.2) is 0 Å². The summed E-state index contributed by atoms with van der Waals surface area (Å²) in [7, 11) is 0. The van der Waals surface area contributed by atoms with Gasteiger partial charge >= 0.3 is 0 Å². The summed E-state index contributed by atoms with van der Waals surface area (Å²) < 4.78 is 6.82. The van der Waals surface area contributed by atoms with Crippen LogP contribution in [0, 0.1) is 0 Å². The molecule has 0 saturated carbocycles. The van der Waals surface area contributed by atoms with Gasteiger partial charge in [-0.05, 0) is 41.3 Å². The van der Waals surface area contributed by atoms with E-state index in [1.165, 1.54) is 0 Å². The number of amides is 1. The van der Waals surface area contributed by atoms with Crippen molar-refractivity contribution >= 4 is 39.4 Å². The summed E-state index contributed by atoms with van der Waals surface area (Å²) in [5, 5.41) is 5.94. The smallest absolute Gasteiger partial charge is 0.275 e. The number of hydrogen-bond acceptors (Lipinski definition) is 4. The lowest BCUT2D eigenvalue weighted by atomic mass is 10.2. The van der Waals surface area contributed by atoms with Gasteiger partial charge in [-0.3, -0.25) is 4.79 Å². The summed E-state index contributed by atoms with van der Waals surface area (Å²) in [4.78, 5) is 13.3. The third-order valence-corrected chi connectivity index (χ3v) is 4.68. The van der Waals surface area contributed by atoms with Crippen molar-refractivity contribution in [2.75, 3.05) is 0 Å². The topological polar surface area (TPSA) is 50.7 Å². The van der Waals surface area contributed by atoms with Gasteiger partial charge in [0.25, 0.3) is 5.91 Å². The number of halogens is 1. The standard InChI is InChI=1S/C19H15BrN2O2S/c20-15-9-7-14(8-10-15)13-24-18-6-2-1-5-17(18)19(23)22-21-12-16-4-3-11-25-16/h1-12H,13H2,(H,22,23). The highest BCUT2D eigenvalue weighted by Gasteiger charge is 2.11. The van der Waals surface area contributed by atoms with Crippen LogP contribution in [0.2, 0.25) is 0 Å². The molecule has 0 atom stereocenters. The zero-order chi connectivity index (χ0) is 17.5. The minimum absolute atomic E-state index is 0.306. The van der Waals surface area contributed by atoms with Gasteiger partial charge in [0, 0.05) is 9.35 Å². The normalized spacial score (nSPS) is 10.8. The first kappa shape index (κ1) is 17.4. The molecule has 25 heavy (non-hydrogen) atoms. The highest BCUT2D eigenvalue weighted by atomic mass is 79.9. The molecule has 0 aliphatic heterocycles. The number of hydrogen-bond donors (Lipinski definition) is 1. The third-order valence-electron chi connectivity index (χ3n) is 3.34. The summed E-state index contributed by atoms with van der Waals surface area (Å²) in [6.45, 7) is 0.385. The Labute approximate surface area is 158 Å². The number of thiophene rings is 1. The zero-order valence-corrected chi connectivity index (χ0v) is 15.6. The van der Waals surface area contributed by atoms with Crippen molar-refractivity contribution < 1.29 is 9.53 Å². The summed E-state index contributed by atoms with van der Waals surface area (Å²) in [5.74, 6) is 0.216. The molecule has 0 aliphatic rings. The van der Waals surface area contributed by atoms with Crippen LogP contribution in [-0.2, 0) is 6.61 Å². The van der Waals surface area contributed by atoms with Gasteiger partial charge in [0.1, 0.15) is 12.4 Å². The Balaban J connectivity index is 1.65.